The average molecular weight is 695 g/mol. The number of benzene rings is 1. The van der Waals surface area contributed by atoms with Crippen molar-refractivity contribution in [2.24, 2.45) is 5.92 Å². The number of halogens is 2. The van der Waals surface area contributed by atoms with Crippen molar-refractivity contribution in [3.05, 3.63) is 89.0 Å². The Hall–Kier alpha value is -4.67. The first-order chi connectivity index (χ1) is 23.9. The van der Waals surface area contributed by atoms with Gasteiger partial charge in [-0.2, -0.15) is 14.6 Å². The van der Waals surface area contributed by atoms with Gasteiger partial charge < -0.3 is 14.6 Å². The number of hydroxylamine groups is 3. The van der Waals surface area contributed by atoms with E-state index in [-0.39, 0.29) is 42.6 Å². The molecule has 1 aliphatic heterocycles. The molecule has 13 nitrogen and oxygen atoms in total. The summed E-state index contributed by atoms with van der Waals surface area (Å²) in [5.41, 5.74) is 4.53. The normalized spacial score (nSPS) is 16.5. The topological polar surface area (TPSA) is 150 Å². The van der Waals surface area contributed by atoms with Crippen molar-refractivity contribution in [1.29, 1.82) is 0 Å². The average Bonchev–Trinajstić information content (AvgIpc) is 3.64. The van der Waals surface area contributed by atoms with Crippen LogP contribution in [0.2, 0.25) is 0 Å². The van der Waals surface area contributed by atoms with E-state index in [1.807, 2.05) is 37.3 Å². The standard InChI is InChI=1S/C35H40F2N6O7/c1-21-29(16-26(44)13-24-19-42(11-12-47-4)50-31(24)23-15-28(36)32(37)38-18-23)43(25-9-7-6-8-10-25)40-30(21)22-14-27(34(48-5)39-17-22)33(45)41-49-20-35(2,3)46/h6-10,14-15,17-18,24,31,46H,11-13,16,19-20H2,1-5H3,(H,41,45)/t24-,31+/m1/s1. The van der Waals surface area contributed by atoms with E-state index < -0.39 is 29.4 Å². The van der Waals surface area contributed by atoms with E-state index in [1.54, 1.807) is 22.9 Å². The number of aromatic nitrogens is 4. The highest BCUT2D eigenvalue weighted by Crippen LogP contribution is 2.37. The van der Waals surface area contributed by atoms with Crippen LogP contribution < -0.4 is 10.2 Å². The quantitative estimate of drug-likeness (QED) is 0.137. The molecule has 3 aromatic heterocycles. The summed E-state index contributed by atoms with van der Waals surface area (Å²) in [7, 11) is 2.95. The number of Topliss-reactive ketones (excluding diaryl/α,β-unsaturated/α-hetero) is 1. The lowest BCUT2D eigenvalue weighted by atomic mass is 9.91. The highest BCUT2D eigenvalue weighted by Gasteiger charge is 2.37. The van der Waals surface area contributed by atoms with E-state index in [2.05, 4.69) is 15.4 Å². The molecule has 5 rings (SSSR count). The molecule has 0 saturated carbocycles. The van der Waals surface area contributed by atoms with Crippen molar-refractivity contribution in [3.8, 4) is 22.8 Å². The number of ether oxygens (including phenoxy) is 2. The van der Waals surface area contributed by atoms with Crippen LogP contribution in [0.25, 0.3) is 16.9 Å². The highest BCUT2D eigenvalue weighted by atomic mass is 19.2. The first-order valence-corrected chi connectivity index (χ1v) is 15.9. The van der Waals surface area contributed by atoms with Gasteiger partial charge in [0, 0.05) is 62.5 Å². The first-order valence-electron chi connectivity index (χ1n) is 15.9. The number of hydrogen-bond acceptors (Lipinski definition) is 11. The van der Waals surface area contributed by atoms with Gasteiger partial charge in [-0.15, -0.1) is 0 Å². The fourth-order valence-corrected chi connectivity index (χ4v) is 5.67. The van der Waals surface area contributed by atoms with E-state index in [0.717, 1.165) is 6.07 Å². The number of nitrogens with one attached hydrogen (secondary N) is 1. The molecule has 15 heteroatoms. The van der Waals surface area contributed by atoms with E-state index in [9.17, 15) is 23.5 Å². The zero-order chi connectivity index (χ0) is 36.0. The Bertz CT molecular complexity index is 1820. The van der Waals surface area contributed by atoms with Gasteiger partial charge in [0.1, 0.15) is 24.1 Å². The van der Waals surface area contributed by atoms with Crippen LogP contribution in [0.3, 0.4) is 0 Å². The summed E-state index contributed by atoms with van der Waals surface area (Å²) in [6.07, 6.45) is 2.08. The van der Waals surface area contributed by atoms with Crippen molar-refractivity contribution >= 4 is 11.7 Å². The summed E-state index contributed by atoms with van der Waals surface area (Å²) in [6, 6.07) is 11.9. The third-order valence-electron chi connectivity index (χ3n) is 8.07. The smallest absolute Gasteiger partial charge is 0.280 e. The molecule has 0 unspecified atom stereocenters. The van der Waals surface area contributed by atoms with Crippen LogP contribution in [-0.4, -0.2) is 87.7 Å². The van der Waals surface area contributed by atoms with Crippen molar-refractivity contribution in [3.63, 3.8) is 0 Å². The van der Waals surface area contributed by atoms with E-state index in [4.69, 9.17) is 24.2 Å². The predicted octanol–water partition coefficient (Wildman–Crippen LogP) is 4.11. The molecule has 4 heterocycles. The van der Waals surface area contributed by atoms with Gasteiger partial charge in [-0.3, -0.25) is 19.3 Å². The minimum absolute atomic E-state index is 0.00718. The Labute approximate surface area is 288 Å². The molecular formula is C35H40F2N6O7. The van der Waals surface area contributed by atoms with Gasteiger partial charge in [-0.05, 0) is 50.6 Å². The number of para-hydroxylation sites is 1. The van der Waals surface area contributed by atoms with E-state index in [0.29, 0.717) is 53.5 Å². The molecule has 266 valence electrons. The van der Waals surface area contributed by atoms with Crippen molar-refractivity contribution < 1.29 is 42.6 Å². The number of aliphatic hydroxyl groups is 1. The minimum Gasteiger partial charge on any atom is -0.480 e. The summed E-state index contributed by atoms with van der Waals surface area (Å²) in [4.78, 5) is 46.0. The molecule has 1 saturated heterocycles. The second kappa shape index (κ2) is 15.9. The van der Waals surface area contributed by atoms with Gasteiger partial charge in [0.15, 0.2) is 5.82 Å². The third-order valence-corrected chi connectivity index (χ3v) is 8.07. The molecule has 4 aromatic rings. The van der Waals surface area contributed by atoms with Crippen LogP contribution in [0.5, 0.6) is 5.88 Å². The molecule has 0 radical (unpaired) electrons. The molecule has 2 atom stereocenters. The van der Waals surface area contributed by atoms with Crippen molar-refractivity contribution in [2.75, 3.05) is 40.5 Å². The van der Waals surface area contributed by atoms with Crippen LogP contribution in [0, 0.1) is 24.6 Å². The maximum atomic E-state index is 14.2. The SMILES string of the molecule is COCCN1C[C@@H](CC(=O)Cc2c(C)c(-c3cnc(OC)c(C(=O)NOCC(C)(C)O)c3)nn2-c2ccccc2)[C@H](c2cnc(F)c(F)c2)O1. The fourth-order valence-electron chi connectivity index (χ4n) is 5.67. The summed E-state index contributed by atoms with van der Waals surface area (Å²) in [5, 5.41) is 16.5. The Morgan fingerprint density at radius 1 is 1.12 bits per heavy atom. The molecule has 1 aliphatic rings. The maximum Gasteiger partial charge on any atom is 0.280 e. The zero-order valence-corrected chi connectivity index (χ0v) is 28.5. The summed E-state index contributed by atoms with van der Waals surface area (Å²) >= 11 is 0. The number of nitrogens with zero attached hydrogens (tertiary/aromatic N) is 5. The molecule has 1 aromatic carbocycles. The molecule has 1 amide bonds. The van der Waals surface area contributed by atoms with Gasteiger partial charge in [0.05, 0.1) is 36.4 Å². The molecule has 50 heavy (non-hydrogen) atoms. The second-order valence-corrected chi connectivity index (χ2v) is 12.6. The van der Waals surface area contributed by atoms with Gasteiger partial charge >= 0.3 is 0 Å². The first kappa shape index (κ1) is 36.6. The van der Waals surface area contributed by atoms with E-state index in [1.165, 1.54) is 33.4 Å². The van der Waals surface area contributed by atoms with Crippen molar-refractivity contribution in [2.45, 2.75) is 45.3 Å². The molecule has 0 bridgehead atoms. The molecule has 2 N–H and O–H groups in total. The summed E-state index contributed by atoms with van der Waals surface area (Å²) < 4.78 is 40.0. The zero-order valence-electron chi connectivity index (χ0n) is 28.5. The Kier molecular flexibility index (Phi) is 11.6. The van der Waals surface area contributed by atoms with Crippen LogP contribution >= 0.6 is 0 Å². The van der Waals surface area contributed by atoms with Crippen LogP contribution in [0.4, 0.5) is 8.78 Å². The largest absolute Gasteiger partial charge is 0.480 e. The number of rotatable bonds is 15. The number of carbonyl (C=O) groups excluding carboxylic acids is 2. The van der Waals surface area contributed by atoms with Crippen LogP contribution in [-0.2, 0) is 25.6 Å². The molecule has 0 aliphatic carbocycles. The van der Waals surface area contributed by atoms with Gasteiger partial charge in [-0.1, -0.05) is 18.2 Å². The predicted molar refractivity (Wildman–Crippen MR) is 176 cm³/mol. The third kappa shape index (κ3) is 8.73. The molecular weight excluding hydrogens is 654 g/mol. The maximum absolute atomic E-state index is 14.2. The Balaban J connectivity index is 1.44. The Morgan fingerprint density at radius 3 is 2.56 bits per heavy atom. The number of hydrogen-bond donors (Lipinski definition) is 2. The number of carbonyl (C=O) groups is 2. The summed E-state index contributed by atoms with van der Waals surface area (Å²) in [6.45, 7) is 5.92. The highest BCUT2D eigenvalue weighted by molar-refractivity contribution is 5.97. The number of amides is 1. The van der Waals surface area contributed by atoms with Crippen LogP contribution in [0.15, 0.2) is 54.9 Å². The minimum atomic E-state index is -1.21. The van der Waals surface area contributed by atoms with E-state index >= 15 is 0 Å². The lowest BCUT2D eigenvalue weighted by Gasteiger charge is -2.17. The molecule has 1 fully saturated rings. The molecule has 0 spiro atoms. The Morgan fingerprint density at radius 2 is 1.88 bits per heavy atom. The number of ketones is 1. The van der Waals surface area contributed by atoms with Crippen LogP contribution in [0.1, 0.15) is 53.6 Å². The van der Waals surface area contributed by atoms with Gasteiger partial charge in [0.2, 0.25) is 11.8 Å². The number of pyridine rings is 2. The lowest BCUT2D eigenvalue weighted by molar-refractivity contribution is -0.155. The summed E-state index contributed by atoms with van der Waals surface area (Å²) in [5.74, 6) is -3.41. The fraction of sp³-hybridized carbons (Fsp3) is 0.400. The van der Waals surface area contributed by atoms with Crippen molar-refractivity contribution in [1.82, 2.24) is 30.3 Å². The lowest BCUT2D eigenvalue weighted by Crippen LogP contribution is -2.33. The van der Waals surface area contributed by atoms with Gasteiger partial charge in [0.25, 0.3) is 5.91 Å². The van der Waals surface area contributed by atoms with Gasteiger partial charge in [-0.25, -0.2) is 24.5 Å². The monoisotopic (exact) mass is 694 g/mol. The number of methoxy groups -OCH3 is 2. The second-order valence-electron chi connectivity index (χ2n) is 12.6.